The predicted octanol–water partition coefficient (Wildman–Crippen LogP) is 1.21. The zero-order valence-corrected chi connectivity index (χ0v) is 11.4. The Bertz CT molecular complexity index is 527. The van der Waals surface area contributed by atoms with Crippen molar-refractivity contribution in [1.82, 2.24) is 0 Å². The number of para-hydroxylation sites is 1. The normalized spacial score (nSPS) is 17.6. The molecule has 1 aliphatic rings. The predicted molar refractivity (Wildman–Crippen MR) is 73.4 cm³/mol. The van der Waals surface area contributed by atoms with Crippen LogP contribution in [-0.2, 0) is 19.1 Å². The smallest absolute Gasteiger partial charge is 0.355 e. The Labute approximate surface area is 117 Å². The van der Waals surface area contributed by atoms with Gasteiger partial charge in [-0.05, 0) is 19.1 Å². The van der Waals surface area contributed by atoms with Gasteiger partial charge < -0.3 is 9.47 Å². The van der Waals surface area contributed by atoms with E-state index < -0.39 is 17.9 Å². The Morgan fingerprint density at radius 3 is 2.65 bits per heavy atom. The van der Waals surface area contributed by atoms with E-state index in [-0.39, 0.29) is 18.9 Å². The molecule has 0 saturated carbocycles. The number of methoxy groups -OCH3 is 1. The van der Waals surface area contributed by atoms with E-state index in [1.807, 2.05) is 30.3 Å². The lowest BCUT2D eigenvalue weighted by Crippen LogP contribution is -2.32. The maximum absolute atomic E-state index is 11.9. The molecular formula is C14H16N2O4. The van der Waals surface area contributed by atoms with Crippen molar-refractivity contribution in [3.8, 4) is 0 Å². The summed E-state index contributed by atoms with van der Waals surface area (Å²) in [7, 11) is 1.29. The van der Waals surface area contributed by atoms with Gasteiger partial charge in [0.15, 0.2) is 5.71 Å². The number of hydrazone groups is 1. The van der Waals surface area contributed by atoms with Crippen LogP contribution in [0, 0.1) is 5.92 Å². The van der Waals surface area contributed by atoms with Gasteiger partial charge in [0.25, 0.3) is 0 Å². The van der Waals surface area contributed by atoms with Gasteiger partial charge >= 0.3 is 11.9 Å². The third-order valence-electron chi connectivity index (χ3n) is 2.94. The van der Waals surface area contributed by atoms with Gasteiger partial charge in [-0.1, -0.05) is 18.2 Å². The molecule has 0 radical (unpaired) electrons. The average molecular weight is 276 g/mol. The molecule has 1 aliphatic heterocycles. The monoisotopic (exact) mass is 276 g/mol. The molecule has 1 heterocycles. The van der Waals surface area contributed by atoms with Crippen LogP contribution in [0.4, 0.5) is 5.69 Å². The fourth-order valence-corrected chi connectivity index (χ4v) is 1.98. The molecule has 2 rings (SSSR count). The lowest BCUT2D eigenvalue weighted by Gasteiger charge is -2.14. The van der Waals surface area contributed by atoms with Crippen LogP contribution < -0.4 is 5.01 Å². The molecule has 1 aromatic rings. The Morgan fingerprint density at radius 2 is 2.05 bits per heavy atom. The maximum Gasteiger partial charge on any atom is 0.355 e. The summed E-state index contributed by atoms with van der Waals surface area (Å²) in [5, 5.41) is 5.81. The second kappa shape index (κ2) is 6.18. The first-order valence-electron chi connectivity index (χ1n) is 6.33. The highest BCUT2D eigenvalue weighted by atomic mass is 16.5. The summed E-state index contributed by atoms with van der Waals surface area (Å²) in [6, 6.07) is 9.31. The fourth-order valence-electron chi connectivity index (χ4n) is 1.98. The van der Waals surface area contributed by atoms with Crippen molar-refractivity contribution in [2.75, 3.05) is 25.3 Å². The van der Waals surface area contributed by atoms with Gasteiger partial charge in [-0.15, -0.1) is 0 Å². The molecule has 106 valence electrons. The number of anilines is 1. The molecule has 6 heteroatoms. The summed E-state index contributed by atoms with van der Waals surface area (Å²) >= 11 is 0. The molecule has 0 fully saturated rings. The molecule has 0 saturated heterocycles. The molecule has 0 spiro atoms. The first-order valence-corrected chi connectivity index (χ1v) is 6.33. The number of ether oxygens (including phenoxy) is 2. The van der Waals surface area contributed by atoms with E-state index in [4.69, 9.17) is 9.47 Å². The lowest BCUT2D eigenvalue weighted by atomic mass is 10.0. The highest BCUT2D eigenvalue weighted by Crippen LogP contribution is 2.23. The first-order chi connectivity index (χ1) is 9.67. The van der Waals surface area contributed by atoms with Crippen LogP contribution in [0.5, 0.6) is 0 Å². The standard InChI is InChI=1S/C14H16N2O4/c1-3-20-14(18)12-11(13(17)19-2)9-16(15-12)10-7-5-4-6-8-10/h4-8,11H,3,9H2,1-2H3. The van der Waals surface area contributed by atoms with Crippen molar-refractivity contribution in [3.05, 3.63) is 30.3 Å². The molecule has 0 bridgehead atoms. The number of esters is 2. The number of hydrogen-bond donors (Lipinski definition) is 0. The number of hydrogen-bond acceptors (Lipinski definition) is 6. The van der Waals surface area contributed by atoms with E-state index in [0.717, 1.165) is 5.69 Å². The van der Waals surface area contributed by atoms with Crippen LogP contribution in [0.2, 0.25) is 0 Å². The van der Waals surface area contributed by atoms with Gasteiger partial charge in [0.2, 0.25) is 0 Å². The minimum absolute atomic E-state index is 0.0857. The van der Waals surface area contributed by atoms with Crippen LogP contribution in [0.3, 0.4) is 0 Å². The zero-order valence-electron chi connectivity index (χ0n) is 11.4. The Hall–Kier alpha value is -2.37. The third kappa shape index (κ3) is 2.79. The Kier molecular flexibility index (Phi) is 4.34. The summed E-state index contributed by atoms with van der Waals surface area (Å²) in [5.41, 5.74) is 0.892. The van der Waals surface area contributed by atoms with Crippen molar-refractivity contribution in [1.29, 1.82) is 0 Å². The van der Waals surface area contributed by atoms with E-state index in [1.165, 1.54) is 7.11 Å². The van der Waals surface area contributed by atoms with Crippen molar-refractivity contribution in [3.63, 3.8) is 0 Å². The number of nitrogens with zero attached hydrogens (tertiary/aromatic N) is 2. The molecule has 1 atom stereocenters. The van der Waals surface area contributed by atoms with Crippen LogP contribution in [0.25, 0.3) is 0 Å². The summed E-state index contributed by atoms with van der Waals surface area (Å²) < 4.78 is 9.65. The first kappa shape index (κ1) is 14.0. The molecule has 0 aliphatic carbocycles. The maximum atomic E-state index is 11.9. The van der Waals surface area contributed by atoms with Crippen molar-refractivity contribution < 1.29 is 19.1 Å². The zero-order chi connectivity index (χ0) is 14.5. The second-order valence-electron chi connectivity index (χ2n) is 4.20. The number of carbonyl (C=O) groups excluding carboxylic acids is 2. The third-order valence-corrected chi connectivity index (χ3v) is 2.94. The van der Waals surface area contributed by atoms with E-state index in [2.05, 4.69) is 5.10 Å². The topological polar surface area (TPSA) is 68.2 Å². The SMILES string of the molecule is CCOC(=O)C1=NN(c2ccccc2)CC1C(=O)OC. The summed E-state index contributed by atoms with van der Waals surface area (Å²) in [6.45, 7) is 2.21. The van der Waals surface area contributed by atoms with Crippen LogP contribution in [0.15, 0.2) is 35.4 Å². The molecular weight excluding hydrogens is 260 g/mol. The molecule has 0 amide bonds. The van der Waals surface area contributed by atoms with Crippen molar-refractivity contribution in [2.24, 2.45) is 11.0 Å². The minimum atomic E-state index is -0.723. The molecule has 1 unspecified atom stereocenters. The molecule has 1 aromatic carbocycles. The van der Waals surface area contributed by atoms with Gasteiger partial charge in [-0.3, -0.25) is 9.80 Å². The Balaban J connectivity index is 2.27. The van der Waals surface area contributed by atoms with Crippen LogP contribution in [0.1, 0.15) is 6.92 Å². The highest BCUT2D eigenvalue weighted by molar-refractivity contribution is 6.41. The van der Waals surface area contributed by atoms with Gasteiger partial charge in [-0.25, -0.2) is 4.79 Å². The van der Waals surface area contributed by atoms with E-state index in [0.29, 0.717) is 0 Å². The van der Waals surface area contributed by atoms with Gasteiger partial charge in [0.05, 0.1) is 25.9 Å². The molecule has 6 nitrogen and oxygen atoms in total. The van der Waals surface area contributed by atoms with Crippen molar-refractivity contribution >= 4 is 23.3 Å². The number of carbonyl (C=O) groups is 2. The minimum Gasteiger partial charge on any atom is -0.468 e. The fraction of sp³-hybridized carbons (Fsp3) is 0.357. The summed E-state index contributed by atoms with van der Waals surface area (Å²) in [5.74, 6) is -1.80. The molecule has 0 N–H and O–H groups in total. The van der Waals surface area contributed by atoms with Gasteiger partial charge in [0.1, 0.15) is 5.92 Å². The van der Waals surface area contributed by atoms with Crippen LogP contribution in [-0.4, -0.2) is 37.9 Å². The lowest BCUT2D eigenvalue weighted by molar-refractivity contribution is -0.144. The van der Waals surface area contributed by atoms with Crippen molar-refractivity contribution in [2.45, 2.75) is 6.92 Å². The quantitative estimate of drug-likeness (QED) is 0.773. The Morgan fingerprint density at radius 1 is 1.35 bits per heavy atom. The molecule has 0 aromatic heterocycles. The number of benzene rings is 1. The molecule has 20 heavy (non-hydrogen) atoms. The number of rotatable bonds is 4. The highest BCUT2D eigenvalue weighted by Gasteiger charge is 2.38. The van der Waals surface area contributed by atoms with Gasteiger partial charge in [0, 0.05) is 0 Å². The van der Waals surface area contributed by atoms with E-state index in [1.54, 1.807) is 11.9 Å². The largest absolute Gasteiger partial charge is 0.468 e. The second-order valence-corrected chi connectivity index (χ2v) is 4.20. The van der Waals surface area contributed by atoms with Crippen LogP contribution >= 0.6 is 0 Å². The average Bonchev–Trinajstić information content (AvgIpc) is 2.93. The van der Waals surface area contributed by atoms with Gasteiger partial charge in [-0.2, -0.15) is 5.10 Å². The van der Waals surface area contributed by atoms with E-state index in [9.17, 15) is 9.59 Å². The summed E-state index contributed by atoms with van der Waals surface area (Å²) in [4.78, 5) is 23.6. The van der Waals surface area contributed by atoms with E-state index >= 15 is 0 Å². The summed E-state index contributed by atoms with van der Waals surface area (Å²) in [6.07, 6.45) is 0.